The number of rotatable bonds is 4. The lowest BCUT2D eigenvalue weighted by Crippen LogP contribution is -2.04. The van der Waals surface area contributed by atoms with Crippen molar-refractivity contribution in [3.05, 3.63) is 64.1 Å². The van der Waals surface area contributed by atoms with E-state index in [0.717, 1.165) is 5.52 Å². The van der Waals surface area contributed by atoms with Crippen LogP contribution >= 0.6 is 23.2 Å². The fraction of sp³-hybridized carbons (Fsp3) is 0.0588. The Morgan fingerprint density at radius 2 is 2.04 bits per heavy atom. The van der Waals surface area contributed by atoms with Gasteiger partial charge in [0.15, 0.2) is 11.6 Å². The molecule has 3 aromatic rings. The zero-order chi connectivity index (χ0) is 17.1. The van der Waals surface area contributed by atoms with Crippen LogP contribution in [0.4, 0.5) is 0 Å². The molecule has 0 unspecified atom stereocenters. The van der Waals surface area contributed by atoms with Crippen LogP contribution in [0.15, 0.2) is 48.2 Å². The first-order chi connectivity index (χ1) is 11.6. The monoisotopic (exact) mass is 359 g/mol. The van der Waals surface area contributed by atoms with E-state index in [2.05, 4.69) is 9.97 Å². The van der Waals surface area contributed by atoms with Crippen molar-refractivity contribution in [3.63, 3.8) is 0 Å². The molecule has 0 fully saturated rings. The molecule has 0 radical (unpaired) electrons. The molecule has 0 saturated carbocycles. The number of hydrogen-bond acceptors (Lipinski definition) is 4. The number of nitrogens with zero attached hydrogens (tertiary/aromatic N) is 2. The Morgan fingerprint density at radius 1 is 1.25 bits per heavy atom. The van der Waals surface area contributed by atoms with E-state index >= 15 is 0 Å². The minimum Gasteiger partial charge on any atom is -0.507 e. The number of aliphatic hydroxyl groups is 1. The maximum absolute atomic E-state index is 10.2. The Kier molecular flexibility index (Phi) is 4.61. The molecule has 0 atom stereocenters. The Hall–Kier alpha value is -2.68. The number of aromatic nitrogens is 2. The third-order valence-electron chi connectivity index (χ3n) is 3.28. The number of aromatic amines is 1. The number of ether oxygens (including phenoxy) is 1. The van der Waals surface area contributed by atoms with Gasteiger partial charge in [-0.05, 0) is 30.3 Å². The maximum atomic E-state index is 10.2. The summed E-state index contributed by atoms with van der Waals surface area (Å²) in [7, 11) is 0. The zero-order valence-corrected chi connectivity index (χ0v) is 13.8. The van der Waals surface area contributed by atoms with E-state index in [1.54, 1.807) is 12.1 Å². The largest absolute Gasteiger partial charge is 0.507 e. The van der Waals surface area contributed by atoms with Gasteiger partial charge in [-0.15, -0.1) is 0 Å². The summed E-state index contributed by atoms with van der Waals surface area (Å²) >= 11 is 11.8. The summed E-state index contributed by atoms with van der Waals surface area (Å²) in [5.41, 5.74) is 1.49. The van der Waals surface area contributed by atoms with Gasteiger partial charge in [-0.2, -0.15) is 5.26 Å². The molecule has 3 rings (SSSR count). The second kappa shape index (κ2) is 6.83. The predicted molar refractivity (Wildman–Crippen MR) is 93.2 cm³/mol. The van der Waals surface area contributed by atoms with Crippen molar-refractivity contribution in [3.8, 4) is 11.8 Å². The van der Waals surface area contributed by atoms with E-state index in [-0.39, 0.29) is 23.8 Å². The highest BCUT2D eigenvalue weighted by molar-refractivity contribution is 6.35. The average molecular weight is 360 g/mol. The first-order valence-electron chi connectivity index (χ1n) is 6.93. The standard InChI is InChI=1S/C17H11Cl2N3O2/c18-10-5-6-16(12(19)7-10)24-9-15(23)11(8-20)17-21-13-3-1-2-4-14(13)22-17/h1-7,23H,9H2,(H,21,22)/b15-11+. The van der Waals surface area contributed by atoms with Crippen molar-refractivity contribution in [2.24, 2.45) is 0 Å². The maximum Gasteiger partial charge on any atom is 0.152 e. The lowest BCUT2D eigenvalue weighted by molar-refractivity contribution is 0.272. The second-order valence-electron chi connectivity index (χ2n) is 4.90. The molecule has 120 valence electrons. The number of para-hydroxylation sites is 2. The molecule has 2 N–H and O–H groups in total. The highest BCUT2D eigenvalue weighted by atomic mass is 35.5. The quantitative estimate of drug-likeness (QED) is 0.520. The van der Waals surface area contributed by atoms with Crippen LogP contribution in [-0.4, -0.2) is 21.7 Å². The van der Waals surface area contributed by atoms with Crippen LogP contribution in [0.5, 0.6) is 5.75 Å². The first kappa shape index (κ1) is 16.2. The van der Waals surface area contributed by atoms with Gasteiger partial charge in [0.25, 0.3) is 0 Å². The Morgan fingerprint density at radius 3 is 2.75 bits per heavy atom. The van der Waals surface area contributed by atoms with Gasteiger partial charge in [-0.25, -0.2) is 4.98 Å². The third kappa shape index (κ3) is 3.30. The third-order valence-corrected chi connectivity index (χ3v) is 3.82. The number of allylic oxidation sites excluding steroid dienone is 1. The predicted octanol–water partition coefficient (Wildman–Crippen LogP) is 4.74. The summed E-state index contributed by atoms with van der Waals surface area (Å²) in [6.45, 7) is -0.221. The highest BCUT2D eigenvalue weighted by Crippen LogP contribution is 2.28. The van der Waals surface area contributed by atoms with Crippen LogP contribution in [-0.2, 0) is 0 Å². The molecule has 0 bridgehead atoms. The van der Waals surface area contributed by atoms with E-state index < -0.39 is 0 Å². The first-order valence-corrected chi connectivity index (χ1v) is 7.69. The molecule has 0 amide bonds. The molecule has 1 heterocycles. The highest BCUT2D eigenvalue weighted by Gasteiger charge is 2.14. The van der Waals surface area contributed by atoms with Crippen molar-refractivity contribution in [1.29, 1.82) is 5.26 Å². The van der Waals surface area contributed by atoms with Gasteiger partial charge >= 0.3 is 0 Å². The lowest BCUT2D eigenvalue weighted by Gasteiger charge is -2.08. The summed E-state index contributed by atoms with van der Waals surface area (Å²) in [6, 6.07) is 14.0. The Balaban J connectivity index is 1.86. The lowest BCUT2D eigenvalue weighted by atomic mass is 10.2. The summed E-state index contributed by atoms with van der Waals surface area (Å²) < 4.78 is 5.44. The number of fused-ring (bicyclic) bond motifs is 1. The molecule has 0 spiro atoms. The van der Waals surface area contributed by atoms with Gasteiger partial charge in [-0.1, -0.05) is 35.3 Å². The van der Waals surface area contributed by atoms with E-state index in [0.29, 0.717) is 21.3 Å². The number of halogens is 2. The van der Waals surface area contributed by atoms with Crippen LogP contribution < -0.4 is 4.74 Å². The Labute approximate surface area is 147 Å². The molecule has 0 aliphatic rings. The molecule has 7 heteroatoms. The summed E-state index contributed by atoms with van der Waals surface area (Å²) in [6.07, 6.45) is 0. The molecule has 5 nitrogen and oxygen atoms in total. The second-order valence-corrected chi connectivity index (χ2v) is 5.74. The van der Waals surface area contributed by atoms with Gasteiger partial charge in [0.1, 0.15) is 24.0 Å². The molecule has 2 aromatic carbocycles. The number of hydrogen-bond donors (Lipinski definition) is 2. The van der Waals surface area contributed by atoms with E-state index in [1.165, 1.54) is 6.07 Å². The topological polar surface area (TPSA) is 81.9 Å². The van der Waals surface area contributed by atoms with Gasteiger partial charge < -0.3 is 14.8 Å². The average Bonchev–Trinajstić information content (AvgIpc) is 2.98. The molecule has 0 aliphatic heterocycles. The van der Waals surface area contributed by atoms with Crippen LogP contribution in [0, 0.1) is 11.3 Å². The van der Waals surface area contributed by atoms with Gasteiger partial charge in [-0.3, -0.25) is 0 Å². The number of imidazole rings is 1. The molecule has 24 heavy (non-hydrogen) atoms. The van der Waals surface area contributed by atoms with Gasteiger partial charge in [0, 0.05) is 5.02 Å². The minimum atomic E-state index is -0.248. The number of nitrogens with one attached hydrogen (secondary N) is 1. The van der Waals surface area contributed by atoms with Crippen molar-refractivity contribution < 1.29 is 9.84 Å². The van der Waals surface area contributed by atoms with Gasteiger partial charge in [0.2, 0.25) is 0 Å². The van der Waals surface area contributed by atoms with E-state index in [4.69, 9.17) is 27.9 Å². The molecule has 0 saturated heterocycles. The zero-order valence-electron chi connectivity index (χ0n) is 12.3. The van der Waals surface area contributed by atoms with Crippen LogP contribution in [0.2, 0.25) is 10.0 Å². The number of aliphatic hydroxyl groups excluding tert-OH is 1. The molecular weight excluding hydrogens is 349 g/mol. The molecule has 0 aliphatic carbocycles. The van der Waals surface area contributed by atoms with Crippen molar-refractivity contribution >= 4 is 39.8 Å². The van der Waals surface area contributed by atoms with E-state index in [9.17, 15) is 10.4 Å². The van der Waals surface area contributed by atoms with Crippen LogP contribution in [0.1, 0.15) is 5.82 Å². The van der Waals surface area contributed by atoms with Crippen LogP contribution in [0.25, 0.3) is 16.6 Å². The summed E-state index contributed by atoms with van der Waals surface area (Å²) in [5, 5.41) is 20.3. The summed E-state index contributed by atoms with van der Waals surface area (Å²) in [5.74, 6) is 0.388. The number of benzene rings is 2. The minimum absolute atomic E-state index is 0.0104. The van der Waals surface area contributed by atoms with Crippen molar-refractivity contribution in [2.75, 3.05) is 6.61 Å². The van der Waals surface area contributed by atoms with Crippen molar-refractivity contribution in [1.82, 2.24) is 9.97 Å². The molecule has 1 aromatic heterocycles. The molecular formula is C17H11Cl2N3O2. The fourth-order valence-corrected chi connectivity index (χ4v) is 2.60. The smallest absolute Gasteiger partial charge is 0.152 e. The van der Waals surface area contributed by atoms with Crippen LogP contribution in [0.3, 0.4) is 0 Å². The van der Waals surface area contributed by atoms with Crippen molar-refractivity contribution in [2.45, 2.75) is 0 Å². The van der Waals surface area contributed by atoms with Gasteiger partial charge in [0.05, 0.1) is 16.1 Å². The van der Waals surface area contributed by atoms with E-state index in [1.807, 2.05) is 30.3 Å². The normalized spacial score (nSPS) is 11.9. The fourth-order valence-electron chi connectivity index (χ4n) is 2.14. The SMILES string of the molecule is N#C/C(=C(\O)COc1ccc(Cl)cc1Cl)c1nc2ccccc2[nH]1. The Bertz CT molecular complexity index is 940. The number of nitriles is 1. The summed E-state index contributed by atoms with van der Waals surface area (Å²) in [4.78, 5) is 7.29. The number of H-pyrrole nitrogens is 1.